The summed E-state index contributed by atoms with van der Waals surface area (Å²) in [5.41, 5.74) is 6.49. The van der Waals surface area contributed by atoms with Crippen LogP contribution >= 0.6 is 0 Å². The molecule has 112 valence electrons. The number of rotatable bonds is 6. The largest absolute Gasteiger partial charge is 0.493 e. The summed E-state index contributed by atoms with van der Waals surface area (Å²) in [7, 11) is 1.81. The van der Waals surface area contributed by atoms with Crippen molar-refractivity contribution in [3.8, 4) is 5.75 Å². The number of piperidine rings is 1. The van der Waals surface area contributed by atoms with E-state index in [4.69, 9.17) is 15.2 Å². The minimum Gasteiger partial charge on any atom is -0.493 e. The van der Waals surface area contributed by atoms with Crippen molar-refractivity contribution >= 4 is 5.69 Å². The lowest BCUT2D eigenvalue weighted by Gasteiger charge is -2.39. The van der Waals surface area contributed by atoms with Gasteiger partial charge in [0.15, 0.2) is 0 Å². The molecule has 0 radical (unpaired) electrons. The van der Waals surface area contributed by atoms with Gasteiger partial charge < -0.3 is 20.1 Å². The predicted molar refractivity (Wildman–Crippen MR) is 82.1 cm³/mol. The van der Waals surface area contributed by atoms with Gasteiger partial charge in [-0.3, -0.25) is 0 Å². The van der Waals surface area contributed by atoms with Crippen LogP contribution in [0.3, 0.4) is 0 Å². The highest BCUT2D eigenvalue weighted by atomic mass is 16.5. The molecule has 0 spiro atoms. The molecule has 1 aliphatic heterocycles. The fraction of sp³-hybridized carbons (Fsp3) is 0.625. The molecule has 1 unspecified atom stereocenters. The molecule has 1 fully saturated rings. The number of hydrogen-bond donors (Lipinski definition) is 1. The lowest BCUT2D eigenvalue weighted by atomic mass is 9.95. The molecular formula is C16H26N2O2. The number of likely N-dealkylation sites (tertiary alicyclic amines) is 1. The normalized spacial score (nSPS) is 23.7. The zero-order valence-electron chi connectivity index (χ0n) is 12.6. The van der Waals surface area contributed by atoms with Crippen molar-refractivity contribution in [3.05, 3.63) is 24.3 Å². The second kappa shape index (κ2) is 6.95. The van der Waals surface area contributed by atoms with Crippen LogP contribution in [0.5, 0.6) is 5.75 Å². The van der Waals surface area contributed by atoms with Gasteiger partial charge in [-0.25, -0.2) is 0 Å². The number of benzene rings is 1. The molecule has 1 aromatic carbocycles. The van der Waals surface area contributed by atoms with Gasteiger partial charge in [0.25, 0.3) is 0 Å². The fourth-order valence-corrected chi connectivity index (χ4v) is 2.75. The standard InChI is InChI=1S/C16H26N2O2/c1-16(19-2)8-4-9-18(13-16)10-5-11-20-15-7-3-6-14(17)12-15/h3,6-7,12H,4-5,8-11,13,17H2,1-2H3. The van der Waals surface area contributed by atoms with Gasteiger partial charge in [-0.2, -0.15) is 0 Å². The molecule has 4 nitrogen and oxygen atoms in total. The molecule has 1 aliphatic rings. The third-order valence-electron chi connectivity index (χ3n) is 3.98. The van der Waals surface area contributed by atoms with Gasteiger partial charge in [-0.05, 0) is 44.9 Å². The Morgan fingerprint density at radius 3 is 3.00 bits per heavy atom. The lowest BCUT2D eigenvalue weighted by Crippen LogP contribution is -2.47. The van der Waals surface area contributed by atoms with Gasteiger partial charge in [0.1, 0.15) is 5.75 Å². The SMILES string of the molecule is COC1(C)CCCN(CCCOc2cccc(N)c2)C1. The van der Waals surface area contributed by atoms with Crippen LogP contribution in [0.2, 0.25) is 0 Å². The zero-order valence-corrected chi connectivity index (χ0v) is 12.6. The van der Waals surface area contributed by atoms with E-state index >= 15 is 0 Å². The molecule has 2 N–H and O–H groups in total. The van der Waals surface area contributed by atoms with Crippen molar-refractivity contribution in [2.45, 2.75) is 31.8 Å². The zero-order chi connectivity index (χ0) is 14.4. The number of methoxy groups -OCH3 is 1. The number of nitrogens with two attached hydrogens (primary N) is 1. The molecule has 0 amide bonds. The molecule has 2 rings (SSSR count). The van der Waals surface area contributed by atoms with Gasteiger partial charge in [0.2, 0.25) is 0 Å². The Hall–Kier alpha value is -1.26. The summed E-state index contributed by atoms with van der Waals surface area (Å²) >= 11 is 0. The van der Waals surface area contributed by atoms with E-state index in [0.717, 1.165) is 50.5 Å². The van der Waals surface area contributed by atoms with Crippen molar-refractivity contribution < 1.29 is 9.47 Å². The Balaban J connectivity index is 1.68. The van der Waals surface area contributed by atoms with E-state index in [0.29, 0.717) is 0 Å². The lowest BCUT2D eigenvalue weighted by molar-refractivity contribution is -0.0512. The number of ether oxygens (including phenoxy) is 2. The average Bonchev–Trinajstić information content (AvgIpc) is 2.44. The van der Waals surface area contributed by atoms with Crippen molar-refractivity contribution in [3.63, 3.8) is 0 Å². The smallest absolute Gasteiger partial charge is 0.121 e. The van der Waals surface area contributed by atoms with Crippen LogP contribution in [-0.4, -0.2) is 43.9 Å². The van der Waals surface area contributed by atoms with E-state index in [-0.39, 0.29) is 5.60 Å². The van der Waals surface area contributed by atoms with Crippen LogP contribution < -0.4 is 10.5 Å². The van der Waals surface area contributed by atoms with Gasteiger partial charge in [0.05, 0.1) is 12.2 Å². The van der Waals surface area contributed by atoms with Crippen LogP contribution in [-0.2, 0) is 4.74 Å². The molecular weight excluding hydrogens is 252 g/mol. The highest BCUT2D eigenvalue weighted by Gasteiger charge is 2.30. The second-order valence-corrected chi connectivity index (χ2v) is 5.81. The molecule has 1 saturated heterocycles. The minimum atomic E-state index is 0.0208. The van der Waals surface area contributed by atoms with Crippen LogP contribution in [0.25, 0.3) is 0 Å². The predicted octanol–water partition coefficient (Wildman–Crippen LogP) is 2.54. The first kappa shape index (κ1) is 15.1. The van der Waals surface area contributed by atoms with Crippen molar-refractivity contribution in [1.82, 2.24) is 4.90 Å². The Bertz CT molecular complexity index is 425. The molecule has 1 atom stereocenters. The third kappa shape index (κ3) is 4.39. The topological polar surface area (TPSA) is 47.7 Å². The van der Waals surface area contributed by atoms with E-state index in [1.165, 1.54) is 6.42 Å². The summed E-state index contributed by atoms with van der Waals surface area (Å²) in [5.74, 6) is 0.852. The van der Waals surface area contributed by atoms with Gasteiger partial charge in [-0.1, -0.05) is 6.07 Å². The number of hydrogen-bond acceptors (Lipinski definition) is 4. The summed E-state index contributed by atoms with van der Waals surface area (Å²) in [6, 6.07) is 7.59. The van der Waals surface area contributed by atoms with Crippen molar-refractivity contribution in [1.29, 1.82) is 0 Å². The third-order valence-corrected chi connectivity index (χ3v) is 3.98. The molecule has 0 saturated carbocycles. The number of nitrogen functional groups attached to an aromatic ring is 1. The summed E-state index contributed by atoms with van der Waals surface area (Å²) < 4.78 is 11.3. The van der Waals surface area contributed by atoms with Crippen LogP contribution in [0.4, 0.5) is 5.69 Å². The van der Waals surface area contributed by atoms with Crippen molar-refractivity contribution in [2.75, 3.05) is 39.1 Å². The highest BCUT2D eigenvalue weighted by Crippen LogP contribution is 2.23. The van der Waals surface area contributed by atoms with Crippen LogP contribution in [0, 0.1) is 0 Å². The Morgan fingerprint density at radius 1 is 1.40 bits per heavy atom. The maximum atomic E-state index is 5.72. The van der Waals surface area contributed by atoms with E-state index < -0.39 is 0 Å². The molecule has 1 heterocycles. The molecule has 0 bridgehead atoms. The monoisotopic (exact) mass is 278 g/mol. The number of anilines is 1. The van der Waals surface area contributed by atoms with E-state index in [9.17, 15) is 0 Å². The maximum absolute atomic E-state index is 5.72. The molecule has 4 heteroatoms. The maximum Gasteiger partial charge on any atom is 0.121 e. The van der Waals surface area contributed by atoms with Gasteiger partial charge >= 0.3 is 0 Å². The van der Waals surface area contributed by atoms with Crippen LogP contribution in [0.15, 0.2) is 24.3 Å². The first-order valence-corrected chi connectivity index (χ1v) is 7.37. The van der Waals surface area contributed by atoms with E-state index in [2.05, 4.69) is 11.8 Å². The highest BCUT2D eigenvalue weighted by molar-refractivity contribution is 5.43. The molecule has 0 aliphatic carbocycles. The summed E-state index contributed by atoms with van der Waals surface area (Å²) in [6.45, 7) is 6.16. The Kier molecular flexibility index (Phi) is 5.26. The first-order valence-electron chi connectivity index (χ1n) is 7.37. The first-order chi connectivity index (χ1) is 9.61. The van der Waals surface area contributed by atoms with Gasteiger partial charge in [0, 0.05) is 32.0 Å². The Morgan fingerprint density at radius 2 is 2.25 bits per heavy atom. The molecule has 1 aromatic rings. The summed E-state index contributed by atoms with van der Waals surface area (Å²) in [5, 5.41) is 0. The van der Waals surface area contributed by atoms with E-state index in [1.54, 1.807) is 0 Å². The number of nitrogens with zero attached hydrogens (tertiary/aromatic N) is 1. The molecule has 0 aromatic heterocycles. The van der Waals surface area contributed by atoms with E-state index in [1.807, 2.05) is 31.4 Å². The molecule has 20 heavy (non-hydrogen) atoms. The minimum absolute atomic E-state index is 0.0208. The average molecular weight is 278 g/mol. The Labute approximate surface area is 121 Å². The van der Waals surface area contributed by atoms with Crippen LogP contribution in [0.1, 0.15) is 26.2 Å². The second-order valence-electron chi connectivity index (χ2n) is 5.81. The fourth-order valence-electron chi connectivity index (χ4n) is 2.75. The summed E-state index contributed by atoms with van der Waals surface area (Å²) in [4.78, 5) is 2.47. The summed E-state index contributed by atoms with van der Waals surface area (Å²) in [6.07, 6.45) is 3.38. The quantitative estimate of drug-likeness (QED) is 0.641. The van der Waals surface area contributed by atoms with Gasteiger partial charge in [-0.15, -0.1) is 0 Å². The van der Waals surface area contributed by atoms with Crippen molar-refractivity contribution in [2.24, 2.45) is 0 Å².